The number of nitro groups is 1. The molecule has 0 fully saturated rings. The maximum Gasteiger partial charge on any atom is 0.298 e. The molecular weight excluding hydrogens is 342 g/mol. The minimum absolute atomic E-state index is 0.207. The molecule has 0 amide bonds. The van der Waals surface area contributed by atoms with Crippen LogP contribution in [-0.2, 0) is 0 Å². The van der Waals surface area contributed by atoms with Gasteiger partial charge in [0.1, 0.15) is 17.2 Å². The lowest BCUT2D eigenvalue weighted by molar-refractivity contribution is -0.383. The molecular formula is C18H12F2N4O2. The van der Waals surface area contributed by atoms with E-state index in [0.29, 0.717) is 16.6 Å². The molecule has 2 N–H and O–H groups in total. The second-order valence-electron chi connectivity index (χ2n) is 5.33. The maximum atomic E-state index is 12.9. The summed E-state index contributed by atoms with van der Waals surface area (Å²) in [6, 6.07) is 11.5. The first-order valence-corrected chi connectivity index (χ1v) is 7.44. The highest BCUT2D eigenvalue weighted by atomic mass is 19.1. The van der Waals surface area contributed by atoms with Crippen LogP contribution in [0.25, 0.3) is 21.8 Å². The Morgan fingerprint density at radius 3 is 2.04 bits per heavy atom. The van der Waals surface area contributed by atoms with Gasteiger partial charge in [-0.3, -0.25) is 15.1 Å². The van der Waals surface area contributed by atoms with Crippen molar-refractivity contribution in [3.63, 3.8) is 0 Å². The highest BCUT2D eigenvalue weighted by Crippen LogP contribution is 2.24. The van der Waals surface area contributed by atoms with E-state index >= 15 is 0 Å². The molecule has 0 bridgehead atoms. The fourth-order valence-corrected chi connectivity index (χ4v) is 2.46. The molecule has 0 saturated carbocycles. The number of nitrogen functional groups attached to an aromatic ring is 1. The highest BCUT2D eigenvalue weighted by molar-refractivity contribution is 5.89. The Balaban J connectivity index is 0.000000152. The van der Waals surface area contributed by atoms with Crippen LogP contribution in [0.5, 0.6) is 0 Å². The van der Waals surface area contributed by atoms with Crippen molar-refractivity contribution in [2.24, 2.45) is 0 Å². The van der Waals surface area contributed by atoms with Crippen LogP contribution in [0.1, 0.15) is 0 Å². The smallest absolute Gasteiger partial charge is 0.298 e. The molecule has 0 atom stereocenters. The summed E-state index contributed by atoms with van der Waals surface area (Å²) in [6.07, 6.45) is 3.07. The first-order valence-electron chi connectivity index (χ1n) is 7.44. The SMILES string of the molecule is Nc1cc(F)cc2cccnc12.O=[N+]([O-])c1cc(F)cc2cccnc12. The summed E-state index contributed by atoms with van der Waals surface area (Å²) in [5.41, 5.74) is 6.49. The summed E-state index contributed by atoms with van der Waals surface area (Å²) < 4.78 is 25.7. The second kappa shape index (κ2) is 7.06. The number of nitrogens with zero attached hydrogens (tertiary/aromatic N) is 3. The Labute approximate surface area is 146 Å². The van der Waals surface area contributed by atoms with Gasteiger partial charge in [0.15, 0.2) is 0 Å². The molecule has 0 spiro atoms. The van der Waals surface area contributed by atoms with Crippen LogP contribution in [0.3, 0.4) is 0 Å². The number of hydrogen-bond donors (Lipinski definition) is 1. The van der Waals surface area contributed by atoms with Crippen molar-refractivity contribution in [3.8, 4) is 0 Å². The monoisotopic (exact) mass is 354 g/mol. The number of aromatic nitrogens is 2. The standard InChI is InChI=1S/C9H5FN2O2.C9H7FN2/c10-7-4-6-2-1-3-11-9(6)8(5-7)12(13)14;10-7-4-6-2-1-3-12-9(6)8(11)5-7/h1-5H;1-5H,11H2. The number of anilines is 1. The number of hydrogen-bond acceptors (Lipinski definition) is 5. The largest absolute Gasteiger partial charge is 0.397 e. The molecule has 0 radical (unpaired) electrons. The van der Waals surface area contributed by atoms with Crippen molar-refractivity contribution >= 4 is 33.2 Å². The topological polar surface area (TPSA) is 94.9 Å². The molecule has 4 rings (SSSR count). The summed E-state index contributed by atoms with van der Waals surface area (Å²) in [6.45, 7) is 0. The molecule has 0 saturated heterocycles. The van der Waals surface area contributed by atoms with Crippen molar-refractivity contribution in [3.05, 3.63) is 82.7 Å². The zero-order valence-electron chi connectivity index (χ0n) is 13.3. The van der Waals surface area contributed by atoms with E-state index in [1.165, 1.54) is 24.4 Å². The van der Waals surface area contributed by atoms with E-state index in [9.17, 15) is 18.9 Å². The third kappa shape index (κ3) is 3.54. The van der Waals surface area contributed by atoms with Crippen LogP contribution in [-0.4, -0.2) is 14.9 Å². The highest BCUT2D eigenvalue weighted by Gasteiger charge is 2.14. The first kappa shape index (κ1) is 17.2. The number of fused-ring (bicyclic) bond motifs is 2. The van der Waals surface area contributed by atoms with Crippen molar-refractivity contribution in [2.45, 2.75) is 0 Å². The minimum atomic E-state index is -0.640. The van der Waals surface area contributed by atoms with E-state index in [0.717, 1.165) is 11.5 Å². The van der Waals surface area contributed by atoms with Gasteiger partial charge in [0.2, 0.25) is 0 Å². The molecule has 130 valence electrons. The van der Waals surface area contributed by atoms with Crippen LogP contribution >= 0.6 is 0 Å². The Morgan fingerprint density at radius 1 is 0.885 bits per heavy atom. The van der Waals surface area contributed by atoms with Gasteiger partial charge in [0.25, 0.3) is 5.69 Å². The number of non-ortho nitro benzene ring substituents is 1. The third-order valence-electron chi connectivity index (χ3n) is 3.55. The second-order valence-corrected chi connectivity index (χ2v) is 5.33. The normalized spacial score (nSPS) is 10.4. The van der Waals surface area contributed by atoms with Crippen molar-refractivity contribution < 1.29 is 13.7 Å². The predicted octanol–water partition coefficient (Wildman–Crippen LogP) is 4.24. The predicted molar refractivity (Wildman–Crippen MR) is 94.5 cm³/mol. The van der Waals surface area contributed by atoms with Crippen LogP contribution in [0.15, 0.2) is 60.9 Å². The molecule has 0 aliphatic carbocycles. The van der Waals surface area contributed by atoms with Gasteiger partial charge in [-0.1, -0.05) is 12.1 Å². The van der Waals surface area contributed by atoms with Gasteiger partial charge in [-0.2, -0.15) is 0 Å². The average Bonchev–Trinajstić information content (AvgIpc) is 2.61. The van der Waals surface area contributed by atoms with Gasteiger partial charge >= 0.3 is 0 Å². The van der Waals surface area contributed by atoms with Crippen LogP contribution in [0.4, 0.5) is 20.2 Å². The molecule has 8 heteroatoms. The number of halogens is 2. The van der Waals surface area contributed by atoms with Crippen molar-refractivity contribution in [1.29, 1.82) is 0 Å². The Hall–Kier alpha value is -3.68. The van der Waals surface area contributed by atoms with E-state index in [1.54, 1.807) is 30.5 Å². The summed E-state index contributed by atoms with van der Waals surface area (Å²) in [5, 5.41) is 11.7. The van der Waals surface area contributed by atoms with Crippen LogP contribution in [0, 0.1) is 21.7 Å². The molecule has 0 aliphatic heterocycles. The van der Waals surface area contributed by atoms with Crippen LogP contribution in [0.2, 0.25) is 0 Å². The van der Waals surface area contributed by atoms with Crippen molar-refractivity contribution in [1.82, 2.24) is 9.97 Å². The van der Waals surface area contributed by atoms with E-state index in [2.05, 4.69) is 9.97 Å². The zero-order valence-corrected chi connectivity index (χ0v) is 13.3. The van der Waals surface area contributed by atoms with E-state index in [4.69, 9.17) is 5.73 Å². The van der Waals surface area contributed by atoms with Crippen LogP contribution < -0.4 is 5.73 Å². The Morgan fingerprint density at radius 2 is 1.42 bits per heavy atom. The molecule has 0 unspecified atom stereocenters. The maximum absolute atomic E-state index is 12.9. The molecule has 0 aliphatic rings. The average molecular weight is 354 g/mol. The lowest BCUT2D eigenvalue weighted by Gasteiger charge is -1.99. The number of nitrogens with two attached hydrogens (primary N) is 1. The lowest BCUT2D eigenvalue weighted by Crippen LogP contribution is -1.92. The number of pyridine rings is 2. The molecule has 2 aromatic heterocycles. The van der Waals surface area contributed by atoms with Gasteiger partial charge in [0.05, 0.1) is 22.2 Å². The summed E-state index contributed by atoms with van der Waals surface area (Å²) in [4.78, 5) is 17.8. The van der Waals surface area contributed by atoms with E-state index in [1.807, 2.05) is 0 Å². The molecule has 2 aromatic carbocycles. The molecule has 4 aromatic rings. The summed E-state index contributed by atoms with van der Waals surface area (Å²) >= 11 is 0. The number of rotatable bonds is 1. The zero-order chi connectivity index (χ0) is 18.7. The fourth-order valence-electron chi connectivity index (χ4n) is 2.46. The third-order valence-corrected chi connectivity index (χ3v) is 3.55. The summed E-state index contributed by atoms with van der Waals surface area (Å²) in [7, 11) is 0. The van der Waals surface area contributed by atoms with Crippen molar-refractivity contribution in [2.75, 3.05) is 5.73 Å². The van der Waals surface area contributed by atoms with E-state index in [-0.39, 0.29) is 17.0 Å². The number of benzene rings is 2. The minimum Gasteiger partial charge on any atom is -0.397 e. The quantitative estimate of drug-likeness (QED) is 0.313. The van der Waals surface area contributed by atoms with E-state index < -0.39 is 10.7 Å². The Bertz CT molecular complexity index is 1120. The molecule has 2 heterocycles. The van der Waals surface area contributed by atoms with Gasteiger partial charge in [-0.15, -0.1) is 0 Å². The molecule has 6 nitrogen and oxygen atoms in total. The summed E-state index contributed by atoms with van der Waals surface area (Å²) in [5.74, 6) is -0.954. The Kier molecular flexibility index (Phi) is 4.66. The van der Waals surface area contributed by atoms with Gasteiger partial charge in [-0.05, 0) is 30.3 Å². The first-order chi connectivity index (χ1) is 12.5. The van der Waals surface area contributed by atoms with Gasteiger partial charge in [0, 0.05) is 23.2 Å². The van der Waals surface area contributed by atoms with Gasteiger partial charge in [-0.25, -0.2) is 13.8 Å². The van der Waals surface area contributed by atoms with Gasteiger partial charge < -0.3 is 5.73 Å². The fraction of sp³-hybridized carbons (Fsp3) is 0. The lowest BCUT2D eigenvalue weighted by atomic mass is 10.2. The molecule has 26 heavy (non-hydrogen) atoms. The number of nitro benzene ring substituents is 1.